The maximum absolute atomic E-state index is 6.03. The van der Waals surface area contributed by atoms with Gasteiger partial charge >= 0.3 is 0 Å². The monoisotopic (exact) mass is 295 g/mol. The Bertz CT molecular complexity index is 563. The number of hydrogen-bond acceptors (Lipinski definition) is 4. The van der Waals surface area contributed by atoms with Gasteiger partial charge in [0, 0.05) is 13.6 Å². The summed E-state index contributed by atoms with van der Waals surface area (Å²) >= 11 is 7.64. The minimum Gasteiger partial charge on any atom is -0.359 e. The number of hydrogen-bond donors (Lipinski definition) is 0. The Morgan fingerprint density at radius 1 is 1.32 bits per heavy atom. The van der Waals surface area contributed by atoms with Crippen LogP contribution in [0.5, 0.6) is 0 Å². The second kappa shape index (κ2) is 5.63. The fraction of sp³-hybridized carbons (Fsp3) is 0.571. The summed E-state index contributed by atoms with van der Waals surface area (Å²) in [6.07, 6.45) is 6.83. The molecule has 0 atom stereocenters. The third-order valence-corrected chi connectivity index (χ3v) is 4.87. The minimum absolute atomic E-state index is 0.348. The van der Waals surface area contributed by atoms with E-state index in [-0.39, 0.29) is 0 Å². The van der Waals surface area contributed by atoms with Crippen LogP contribution >= 0.6 is 22.9 Å². The summed E-state index contributed by atoms with van der Waals surface area (Å²) in [6.45, 7) is 1.07. The zero-order chi connectivity index (χ0) is 13.2. The van der Waals surface area contributed by atoms with Gasteiger partial charge in [-0.25, -0.2) is 4.98 Å². The molecule has 3 rings (SSSR count). The average Bonchev–Trinajstić information content (AvgIpc) is 2.86. The zero-order valence-electron chi connectivity index (χ0n) is 11.1. The molecule has 102 valence electrons. The first-order valence-corrected chi connectivity index (χ1v) is 8.11. The first kappa shape index (κ1) is 13.1. The number of rotatable bonds is 3. The molecule has 2 aromatic rings. The van der Waals surface area contributed by atoms with E-state index >= 15 is 0 Å². The third-order valence-electron chi connectivity index (χ3n) is 3.90. The molecule has 1 saturated carbocycles. The van der Waals surface area contributed by atoms with Gasteiger partial charge in [-0.1, -0.05) is 19.3 Å². The first-order valence-electron chi connectivity index (χ1n) is 6.86. The smallest absolute Gasteiger partial charge is 0.225 e. The maximum atomic E-state index is 6.03. The molecule has 1 aliphatic rings. The van der Waals surface area contributed by atoms with E-state index in [1.807, 2.05) is 5.38 Å². The molecule has 0 N–H and O–H groups in total. The van der Waals surface area contributed by atoms with Gasteiger partial charge in [-0.05, 0) is 41.8 Å². The molecule has 0 aliphatic heterocycles. The summed E-state index contributed by atoms with van der Waals surface area (Å²) in [5, 5.41) is 3.52. The standard InChI is InChI=1S/C14H18ClN3S/c1-18(9-10-5-3-2-4-6-10)12-11-7-8-19-13(11)17-14(15)16-12/h7-8,10H,2-6,9H2,1H3. The highest BCUT2D eigenvalue weighted by atomic mass is 35.5. The normalized spacial score (nSPS) is 16.9. The van der Waals surface area contributed by atoms with Crippen LogP contribution in [0.1, 0.15) is 32.1 Å². The lowest BCUT2D eigenvalue weighted by Gasteiger charge is -2.28. The molecule has 0 unspecified atom stereocenters. The first-order chi connectivity index (χ1) is 9.24. The minimum atomic E-state index is 0.348. The van der Waals surface area contributed by atoms with Crippen molar-refractivity contribution in [2.75, 3.05) is 18.5 Å². The number of aromatic nitrogens is 2. The Balaban J connectivity index is 1.83. The number of fused-ring (bicyclic) bond motifs is 1. The molecule has 2 heterocycles. The van der Waals surface area contributed by atoms with Crippen LogP contribution < -0.4 is 4.90 Å². The van der Waals surface area contributed by atoms with Crippen molar-refractivity contribution >= 4 is 39.0 Å². The summed E-state index contributed by atoms with van der Waals surface area (Å²) in [6, 6.07) is 2.09. The summed E-state index contributed by atoms with van der Waals surface area (Å²) in [4.78, 5) is 11.9. The summed E-state index contributed by atoms with van der Waals surface area (Å²) in [5.41, 5.74) is 0. The van der Waals surface area contributed by atoms with Crippen LogP contribution in [0.3, 0.4) is 0 Å². The lowest BCUT2D eigenvalue weighted by molar-refractivity contribution is 0.362. The van der Waals surface area contributed by atoms with Crippen molar-refractivity contribution in [1.29, 1.82) is 0 Å². The van der Waals surface area contributed by atoms with Crippen LogP contribution in [0.25, 0.3) is 10.2 Å². The van der Waals surface area contributed by atoms with Crippen molar-refractivity contribution in [1.82, 2.24) is 9.97 Å². The van der Waals surface area contributed by atoms with Crippen LogP contribution in [0.2, 0.25) is 5.28 Å². The number of thiophene rings is 1. The lowest BCUT2D eigenvalue weighted by Crippen LogP contribution is -2.27. The topological polar surface area (TPSA) is 29.0 Å². The van der Waals surface area contributed by atoms with Gasteiger partial charge in [0.25, 0.3) is 0 Å². The Morgan fingerprint density at radius 2 is 2.11 bits per heavy atom. The Morgan fingerprint density at radius 3 is 2.89 bits per heavy atom. The van der Waals surface area contributed by atoms with Crippen LogP contribution in [0.15, 0.2) is 11.4 Å². The number of halogens is 1. The largest absolute Gasteiger partial charge is 0.359 e. The van der Waals surface area contributed by atoms with Gasteiger partial charge in [0.1, 0.15) is 10.6 Å². The summed E-state index contributed by atoms with van der Waals surface area (Å²) in [7, 11) is 2.12. The van der Waals surface area contributed by atoms with E-state index < -0.39 is 0 Å². The van der Waals surface area contributed by atoms with Gasteiger partial charge < -0.3 is 4.90 Å². The average molecular weight is 296 g/mol. The molecule has 19 heavy (non-hydrogen) atoms. The van der Waals surface area contributed by atoms with Crippen molar-refractivity contribution in [2.24, 2.45) is 5.92 Å². The highest BCUT2D eigenvalue weighted by molar-refractivity contribution is 7.16. The maximum Gasteiger partial charge on any atom is 0.225 e. The predicted octanol–water partition coefficient (Wildman–Crippen LogP) is 4.36. The molecule has 0 radical (unpaired) electrons. The van der Waals surface area contributed by atoms with Crippen LogP contribution in [-0.4, -0.2) is 23.6 Å². The molecule has 1 aliphatic carbocycles. The predicted molar refractivity (Wildman–Crippen MR) is 82.3 cm³/mol. The van der Waals surface area contributed by atoms with Gasteiger partial charge in [-0.3, -0.25) is 0 Å². The quantitative estimate of drug-likeness (QED) is 0.788. The molecule has 0 bridgehead atoms. The van der Waals surface area contributed by atoms with Crippen LogP contribution in [0, 0.1) is 5.92 Å². The van der Waals surface area contributed by atoms with Crippen molar-refractivity contribution < 1.29 is 0 Å². The fourth-order valence-corrected chi connectivity index (χ4v) is 3.92. The van der Waals surface area contributed by atoms with Gasteiger partial charge in [-0.2, -0.15) is 4.98 Å². The lowest BCUT2D eigenvalue weighted by atomic mass is 9.89. The second-order valence-corrected chi connectivity index (χ2v) is 6.57. The highest BCUT2D eigenvalue weighted by Crippen LogP contribution is 2.30. The van der Waals surface area contributed by atoms with E-state index in [1.165, 1.54) is 32.1 Å². The molecular formula is C14H18ClN3S. The van der Waals surface area contributed by atoms with Crippen molar-refractivity contribution in [3.63, 3.8) is 0 Å². The van der Waals surface area contributed by atoms with Crippen LogP contribution in [0.4, 0.5) is 5.82 Å². The van der Waals surface area contributed by atoms with E-state index in [9.17, 15) is 0 Å². The molecule has 0 saturated heterocycles. The SMILES string of the molecule is CN(CC1CCCCC1)c1nc(Cl)nc2sccc12. The third kappa shape index (κ3) is 2.84. The van der Waals surface area contributed by atoms with Crippen molar-refractivity contribution in [3.05, 3.63) is 16.7 Å². The number of nitrogens with zero attached hydrogens (tertiary/aromatic N) is 3. The highest BCUT2D eigenvalue weighted by Gasteiger charge is 2.18. The zero-order valence-corrected chi connectivity index (χ0v) is 12.7. The van der Waals surface area contributed by atoms with Crippen molar-refractivity contribution in [2.45, 2.75) is 32.1 Å². The van der Waals surface area contributed by atoms with E-state index in [1.54, 1.807) is 11.3 Å². The van der Waals surface area contributed by atoms with Crippen LogP contribution in [-0.2, 0) is 0 Å². The molecule has 0 aromatic carbocycles. The Hall–Kier alpha value is -0.870. The fourth-order valence-electron chi connectivity index (χ4n) is 2.95. The van der Waals surface area contributed by atoms with Gasteiger partial charge in [-0.15, -0.1) is 11.3 Å². The van der Waals surface area contributed by atoms with E-state index in [0.717, 1.165) is 28.5 Å². The molecule has 3 nitrogen and oxygen atoms in total. The van der Waals surface area contributed by atoms with Gasteiger partial charge in [0.2, 0.25) is 5.28 Å². The summed E-state index contributed by atoms with van der Waals surface area (Å²) < 4.78 is 0. The Kier molecular flexibility index (Phi) is 3.89. The van der Waals surface area contributed by atoms with Crippen molar-refractivity contribution in [3.8, 4) is 0 Å². The van der Waals surface area contributed by atoms with Gasteiger partial charge in [0.15, 0.2) is 0 Å². The van der Waals surface area contributed by atoms with E-state index in [2.05, 4.69) is 28.0 Å². The molecule has 2 aromatic heterocycles. The Labute approximate surface area is 122 Å². The molecule has 0 spiro atoms. The summed E-state index contributed by atoms with van der Waals surface area (Å²) in [5.74, 6) is 1.77. The van der Waals surface area contributed by atoms with Gasteiger partial charge in [0.05, 0.1) is 5.39 Å². The van der Waals surface area contributed by atoms with E-state index in [4.69, 9.17) is 11.6 Å². The second-order valence-electron chi connectivity index (χ2n) is 5.34. The number of anilines is 1. The molecule has 5 heteroatoms. The molecular weight excluding hydrogens is 278 g/mol. The molecule has 0 amide bonds. The molecule has 1 fully saturated rings. The van der Waals surface area contributed by atoms with E-state index in [0.29, 0.717) is 5.28 Å².